The summed E-state index contributed by atoms with van der Waals surface area (Å²) in [7, 11) is 0. The molecule has 0 spiro atoms. The first-order chi connectivity index (χ1) is 16.5. The number of carbonyl (C=O) groups excluding carboxylic acids is 2. The van der Waals surface area contributed by atoms with Crippen molar-refractivity contribution < 1.29 is 14.0 Å². The molecule has 1 aromatic carbocycles. The van der Waals surface area contributed by atoms with Gasteiger partial charge in [0.05, 0.1) is 11.8 Å². The highest BCUT2D eigenvalue weighted by Gasteiger charge is 2.52. The molecular weight excluding hydrogens is 424 g/mol. The van der Waals surface area contributed by atoms with Gasteiger partial charge in [0.1, 0.15) is 5.76 Å². The third-order valence-electron chi connectivity index (χ3n) is 8.56. The number of hydrogen-bond donors (Lipinski definition) is 1. The average Bonchev–Trinajstić information content (AvgIpc) is 3.46. The lowest BCUT2D eigenvalue weighted by molar-refractivity contribution is -0.122. The number of ketones is 1. The van der Waals surface area contributed by atoms with Crippen molar-refractivity contribution in [1.82, 2.24) is 9.88 Å². The van der Waals surface area contributed by atoms with Gasteiger partial charge in [-0.2, -0.15) is 0 Å². The van der Waals surface area contributed by atoms with E-state index in [4.69, 9.17) is 4.42 Å². The number of nitrogens with one attached hydrogen (secondary N) is 1. The Bertz CT molecular complexity index is 1180. The Morgan fingerprint density at radius 2 is 1.79 bits per heavy atom. The van der Waals surface area contributed by atoms with Crippen LogP contribution in [0.15, 0.2) is 47.2 Å². The predicted molar refractivity (Wildman–Crippen MR) is 133 cm³/mol. The summed E-state index contributed by atoms with van der Waals surface area (Å²) < 4.78 is 7.73. The van der Waals surface area contributed by atoms with Crippen molar-refractivity contribution in [1.29, 1.82) is 0 Å². The zero-order valence-electron chi connectivity index (χ0n) is 20.0. The van der Waals surface area contributed by atoms with Gasteiger partial charge in [-0.05, 0) is 93.0 Å². The summed E-state index contributed by atoms with van der Waals surface area (Å²) >= 11 is 0. The summed E-state index contributed by atoms with van der Waals surface area (Å²) in [6, 6.07) is 9.85. The first-order valence-electron chi connectivity index (χ1n) is 13.1. The summed E-state index contributed by atoms with van der Waals surface area (Å²) in [6.07, 6.45) is 13.9. The van der Waals surface area contributed by atoms with Gasteiger partial charge in [-0.15, -0.1) is 0 Å². The number of aryl methyl sites for hydroxylation is 1. The van der Waals surface area contributed by atoms with Crippen molar-refractivity contribution in [3.63, 3.8) is 0 Å². The summed E-state index contributed by atoms with van der Waals surface area (Å²) in [5, 5.41) is 4.10. The van der Waals surface area contributed by atoms with Gasteiger partial charge in [-0.3, -0.25) is 9.59 Å². The Kier molecular flexibility index (Phi) is 5.39. The van der Waals surface area contributed by atoms with Gasteiger partial charge in [0.15, 0.2) is 0 Å². The number of nitrogens with zero attached hydrogens (tertiary/aromatic N) is 1. The third-order valence-corrected chi connectivity index (χ3v) is 8.56. The molecule has 0 atom stereocenters. The maximum absolute atomic E-state index is 13.6. The van der Waals surface area contributed by atoms with Crippen molar-refractivity contribution in [2.75, 3.05) is 0 Å². The molecule has 5 nitrogen and oxygen atoms in total. The molecule has 0 aliphatic heterocycles. The van der Waals surface area contributed by atoms with Crippen molar-refractivity contribution in [2.24, 2.45) is 17.8 Å². The molecule has 0 saturated heterocycles. The maximum atomic E-state index is 13.6. The molecule has 7 rings (SSSR count). The zero-order valence-corrected chi connectivity index (χ0v) is 20.0. The van der Waals surface area contributed by atoms with Crippen LogP contribution in [0.2, 0.25) is 0 Å². The molecule has 34 heavy (non-hydrogen) atoms. The van der Waals surface area contributed by atoms with E-state index in [-0.39, 0.29) is 5.54 Å². The highest BCUT2D eigenvalue weighted by Crippen LogP contribution is 2.55. The molecule has 4 aliphatic rings. The van der Waals surface area contributed by atoms with E-state index < -0.39 is 11.7 Å². The highest BCUT2D eigenvalue weighted by molar-refractivity contribution is 6.45. The number of aromatic nitrogens is 1. The van der Waals surface area contributed by atoms with Gasteiger partial charge in [-0.1, -0.05) is 19.8 Å². The number of hydrogen-bond acceptors (Lipinski definition) is 3. The van der Waals surface area contributed by atoms with Crippen molar-refractivity contribution in [3.05, 3.63) is 48.4 Å². The lowest BCUT2D eigenvalue weighted by Crippen LogP contribution is -2.60. The standard InChI is InChI=1S/C29H34N2O3/c1-2-3-4-9-31-18-24(23-14-22(7-8-25(23)31)26-6-5-10-34-26)27(32)28(33)30-29-15-19-11-20(16-29)13-21(12-19)17-29/h5-8,10,14,18-21H,2-4,9,11-13,15-17H2,1H3,(H,30,33). The molecule has 0 unspecified atom stereocenters. The number of carbonyl (C=O) groups is 2. The van der Waals surface area contributed by atoms with E-state index in [1.807, 2.05) is 36.5 Å². The van der Waals surface area contributed by atoms with Gasteiger partial charge in [-0.25, -0.2) is 0 Å². The molecule has 2 aromatic heterocycles. The molecule has 4 bridgehead atoms. The Morgan fingerprint density at radius 1 is 1.06 bits per heavy atom. The van der Waals surface area contributed by atoms with Crippen LogP contribution in [-0.2, 0) is 11.3 Å². The Morgan fingerprint density at radius 3 is 2.44 bits per heavy atom. The van der Waals surface area contributed by atoms with Crippen LogP contribution in [0.3, 0.4) is 0 Å². The number of amides is 1. The third kappa shape index (κ3) is 3.79. The van der Waals surface area contributed by atoms with Crippen LogP contribution in [0.4, 0.5) is 0 Å². The second kappa shape index (κ2) is 8.44. The fourth-order valence-corrected chi connectivity index (χ4v) is 7.47. The van der Waals surface area contributed by atoms with Crippen LogP contribution in [0.1, 0.15) is 75.1 Å². The Labute approximate surface area is 200 Å². The van der Waals surface area contributed by atoms with Crippen molar-refractivity contribution in [2.45, 2.75) is 76.8 Å². The van der Waals surface area contributed by atoms with E-state index >= 15 is 0 Å². The van der Waals surface area contributed by atoms with Gasteiger partial charge in [0, 0.05) is 34.7 Å². The predicted octanol–water partition coefficient (Wildman–Crippen LogP) is 6.36. The first kappa shape index (κ1) is 21.7. The molecule has 1 N–H and O–H groups in total. The van der Waals surface area contributed by atoms with E-state index in [9.17, 15) is 9.59 Å². The van der Waals surface area contributed by atoms with Gasteiger partial charge >= 0.3 is 0 Å². The first-order valence-corrected chi connectivity index (χ1v) is 13.1. The molecule has 3 aromatic rings. The van der Waals surface area contributed by atoms with E-state index in [0.717, 1.165) is 85.1 Å². The monoisotopic (exact) mass is 458 g/mol. The number of unbranched alkanes of at least 4 members (excludes halogenated alkanes) is 2. The molecule has 4 saturated carbocycles. The van der Waals surface area contributed by atoms with Crippen LogP contribution in [0.5, 0.6) is 0 Å². The van der Waals surface area contributed by atoms with Crippen LogP contribution in [-0.4, -0.2) is 21.8 Å². The van der Waals surface area contributed by atoms with Crippen LogP contribution < -0.4 is 5.32 Å². The quantitative estimate of drug-likeness (QED) is 0.243. The normalized spacial score (nSPS) is 27.4. The second-order valence-corrected chi connectivity index (χ2v) is 11.1. The Hall–Kier alpha value is -2.82. The fraction of sp³-hybridized carbons (Fsp3) is 0.517. The molecule has 1 amide bonds. The summed E-state index contributed by atoms with van der Waals surface area (Å²) in [5.41, 5.74) is 2.25. The molecule has 0 radical (unpaired) electrons. The highest BCUT2D eigenvalue weighted by atomic mass is 16.3. The number of benzene rings is 1. The molecule has 4 fully saturated rings. The minimum absolute atomic E-state index is 0.166. The van der Waals surface area contributed by atoms with Crippen LogP contribution in [0, 0.1) is 17.8 Å². The van der Waals surface area contributed by atoms with Gasteiger partial charge in [0.25, 0.3) is 11.7 Å². The van der Waals surface area contributed by atoms with E-state index in [2.05, 4.69) is 16.8 Å². The minimum atomic E-state index is -0.432. The topological polar surface area (TPSA) is 64.2 Å². The molecule has 5 heteroatoms. The lowest BCUT2D eigenvalue weighted by atomic mass is 9.53. The van der Waals surface area contributed by atoms with E-state index in [1.165, 1.54) is 19.3 Å². The smallest absolute Gasteiger partial charge is 0.292 e. The number of fused-ring (bicyclic) bond motifs is 1. The number of rotatable bonds is 8. The van der Waals surface area contributed by atoms with E-state index in [0.29, 0.717) is 5.56 Å². The van der Waals surface area contributed by atoms with Crippen LogP contribution >= 0.6 is 0 Å². The van der Waals surface area contributed by atoms with Gasteiger partial charge in [0.2, 0.25) is 0 Å². The van der Waals surface area contributed by atoms with Crippen molar-refractivity contribution in [3.8, 4) is 11.3 Å². The zero-order chi connectivity index (χ0) is 23.3. The maximum Gasteiger partial charge on any atom is 0.292 e. The minimum Gasteiger partial charge on any atom is -0.464 e. The van der Waals surface area contributed by atoms with Gasteiger partial charge < -0.3 is 14.3 Å². The fourth-order valence-electron chi connectivity index (χ4n) is 7.47. The summed E-state index contributed by atoms with van der Waals surface area (Å²) in [5.74, 6) is 2.08. The number of Topliss-reactive ketones (excluding diaryl/α,β-unsaturated/α-hetero) is 1. The number of furan rings is 1. The largest absolute Gasteiger partial charge is 0.464 e. The van der Waals surface area contributed by atoms with Crippen molar-refractivity contribution >= 4 is 22.6 Å². The average molecular weight is 459 g/mol. The van der Waals surface area contributed by atoms with Crippen LogP contribution in [0.25, 0.3) is 22.2 Å². The second-order valence-electron chi connectivity index (χ2n) is 11.1. The molecular formula is C29H34N2O3. The SMILES string of the molecule is CCCCCn1cc(C(=O)C(=O)NC23CC4CC(CC(C4)C2)C3)c2cc(-c3ccco3)ccc21. The Balaban J connectivity index is 1.31. The lowest BCUT2D eigenvalue weighted by Gasteiger charge is -2.56. The molecule has 4 aliphatic carbocycles. The molecule has 178 valence electrons. The summed E-state index contributed by atoms with van der Waals surface area (Å²) in [4.78, 5) is 26.9. The summed E-state index contributed by atoms with van der Waals surface area (Å²) in [6.45, 7) is 3.03. The molecule has 2 heterocycles. The van der Waals surface area contributed by atoms with E-state index in [1.54, 1.807) is 6.26 Å².